The number of benzene rings is 3. The molecular weight excluding hydrogens is 264 g/mol. The van der Waals surface area contributed by atoms with Crippen LogP contribution in [-0.4, -0.2) is 22.8 Å². The third-order valence-corrected chi connectivity index (χ3v) is 7.01. The molecule has 3 aromatic carbocycles. The Morgan fingerprint density at radius 3 is 1.65 bits per heavy atom. The van der Waals surface area contributed by atoms with Gasteiger partial charge in [0.15, 0.2) is 0 Å². The van der Waals surface area contributed by atoms with Gasteiger partial charge in [-0.3, -0.25) is 0 Å². The van der Waals surface area contributed by atoms with Gasteiger partial charge in [-0.25, -0.2) is 0 Å². The van der Waals surface area contributed by atoms with Crippen LogP contribution in [0.15, 0.2) is 54.6 Å². The number of hydrogen-bond donors (Lipinski definition) is 0. The van der Waals surface area contributed by atoms with Crippen molar-refractivity contribution in [1.82, 2.24) is 0 Å². The highest BCUT2D eigenvalue weighted by Crippen LogP contribution is 2.24. The molecule has 0 unspecified atom stereocenters. The Hall–Kier alpha value is -1.68. The average molecular weight is 282 g/mol. The van der Waals surface area contributed by atoms with Crippen molar-refractivity contribution < 1.29 is 8.85 Å². The summed E-state index contributed by atoms with van der Waals surface area (Å²) in [7, 11) is 1.08. The summed E-state index contributed by atoms with van der Waals surface area (Å²) >= 11 is 0. The first-order valence-corrected chi connectivity index (χ1v) is 9.02. The third kappa shape index (κ3) is 1.95. The van der Waals surface area contributed by atoms with Crippen LogP contribution in [-0.2, 0) is 8.85 Å². The van der Waals surface area contributed by atoms with Crippen LogP contribution in [0.25, 0.3) is 21.5 Å². The topological polar surface area (TPSA) is 18.5 Å². The molecular formula is C17H18O2Si. The van der Waals surface area contributed by atoms with Crippen LogP contribution in [0.4, 0.5) is 0 Å². The minimum atomic E-state index is -2.40. The minimum absolute atomic E-state index is 1.22. The van der Waals surface area contributed by atoms with Gasteiger partial charge in [0.05, 0.1) is 0 Å². The molecule has 0 saturated carbocycles. The fourth-order valence-corrected chi connectivity index (χ4v) is 4.80. The molecule has 0 radical (unpaired) electrons. The van der Waals surface area contributed by atoms with Crippen LogP contribution in [0.1, 0.15) is 0 Å². The van der Waals surface area contributed by atoms with E-state index in [0.29, 0.717) is 0 Å². The predicted molar refractivity (Wildman–Crippen MR) is 86.7 cm³/mol. The molecule has 0 aliphatic carbocycles. The molecule has 20 heavy (non-hydrogen) atoms. The molecule has 2 nitrogen and oxygen atoms in total. The second-order valence-corrected chi connectivity index (χ2v) is 8.26. The monoisotopic (exact) mass is 282 g/mol. The summed E-state index contributed by atoms with van der Waals surface area (Å²) in [6.07, 6.45) is 0. The van der Waals surface area contributed by atoms with Crippen molar-refractivity contribution in [2.75, 3.05) is 14.2 Å². The zero-order chi connectivity index (χ0) is 14.2. The van der Waals surface area contributed by atoms with E-state index in [0.717, 1.165) is 0 Å². The van der Waals surface area contributed by atoms with E-state index in [9.17, 15) is 0 Å². The van der Waals surface area contributed by atoms with E-state index in [1.165, 1.54) is 26.7 Å². The van der Waals surface area contributed by atoms with E-state index in [2.05, 4.69) is 61.1 Å². The molecule has 0 saturated heterocycles. The molecule has 0 amide bonds. The van der Waals surface area contributed by atoms with Crippen LogP contribution >= 0.6 is 0 Å². The summed E-state index contributed by atoms with van der Waals surface area (Å²) in [6.45, 7) is 2.10. The Morgan fingerprint density at radius 1 is 0.750 bits per heavy atom. The van der Waals surface area contributed by atoms with Gasteiger partial charge >= 0.3 is 8.56 Å². The zero-order valence-electron chi connectivity index (χ0n) is 12.0. The quantitative estimate of drug-likeness (QED) is 0.540. The standard InChI is InChI=1S/C17H18O2Si/c1-18-20(3,19-2)17-15-10-6-4-8-13(15)12-14-9-5-7-11-16(14)17/h4-12H,1-3H3. The SMILES string of the molecule is CO[Si](C)(OC)c1c2ccccc2cc2ccccc12. The van der Waals surface area contributed by atoms with Crippen molar-refractivity contribution in [1.29, 1.82) is 0 Å². The average Bonchev–Trinajstić information content (AvgIpc) is 2.51. The van der Waals surface area contributed by atoms with Gasteiger partial charge in [-0.05, 0) is 34.2 Å². The van der Waals surface area contributed by atoms with Crippen LogP contribution in [0.3, 0.4) is 0 Å². The molecule has 0 aliphatic heterocycles. The maximum atomic E-state index is 5.81. The van der Waals surface area contributed by atoms with E-state index in [1.807, 2.05) is 0 Å². The second-order valence-electron chi connectivity index (χ2n) is 5.05. The molecule has 3 aromatic rings. The molecule has 0 bridgehead atoms. The Bertz CT molecular complexity index is 709. The maximum Gasteiger partial charge on any atom is 0.370 e. The van der Waals surface area contributed by atoms with E-state index < -0.39 is 8.56 Å². The van der Waals surface area contributed by atoms with Gasteiger partial charge < -0.3 is 8.85 Å². The van der Waals surface area contributed by atoms with Gasteiger partial charge in [-0.2, -0.15) is 0 Å². The highest BCUT2D eigenvalue weighted by Gasteiger charge is 2.35. The Labute approximate surface area is 120 Å². The molecule has 0 spiro atoms. The smallest absolute Gasteiger partial charge is 0.370 e. The lowest BCUT2D eigenvalue weighted by molar-refractivity contribution is 0.266. The van der Waals surface area contributed by atoms with Crippen LogP contribution in [0.2, 0.25) is 6.55 Å². The fraction of sp³-hybridized carbons (Fsp3) is 0.176. The van der Waals surface area contributed by atoms with E-state index in [-0.39, 0.29) is 0 Å². The molecule has 3 rings (SSSR count). The molecule has 0 heterocycles. The van der Waals surface area contributed by atoms with E-state index in [1.54, 1.807) is 14.2 Å². The highest BCUT2D eigenvalue weighted by molar-refractivity contribution is 6.84. The molecule has 3 heteroatoms. The lowest BCUT2D eigenvalue weighted by Gasteiger charge is -2.26. The molecule has 0 aliphatic rings. The van der Waals surface area contributed by atoms with Crippen LogP contribution < -0.4 is 5.19 Å². The summed E-state index contributed by atoms with van der Waals surface area (Å²) in [5, 5.41) is 6.13. The van der Waals surface area contributed by atoms with Crippen LogP contribution in [0.5, 0.6) is 0 Å². The fourth-order valence-electron chi connectivity index (χ4n) is 2.79. The molecule has 0 N–H and O–H groups in total. The van der Waals surface area contributed by atoms with Crippen molar-refractivity contribution >= 4 is 35.3 Å². The normalized spacial score (nSPS) is 12.2. The predicted octanol–water partition coefficient (Wildman–Crippen LogP) is 3.56. The van der Waals surface area contributed by atoms with Gasteiger partial charge in [0.25, 0.3) is 0 Å². The number of rotatable bonds is 3. The first-order chi connectivity index (χ1) is 9.69. The molecule has 0 aromatic heterocycles. The van der Waals surface area contributed by atoms with Gasteiger partial charge in [0.1, 0.15) is 0 Å². The van der Waals surface area contributed by atoms with Gasteiger partial charge in [0, 0.05) is 19.4 Å². The van der Waals surface area contributed by atoms with Crippen molar-refractivity contribution in [3.8, 4) is 0 Å². The first kappa shape index (κ1) is 13.3. The number of hydrogen-bond acceptors (Lipinski definition) is 2. The molecule has 0 atom stereocenters. The lowest BCUT2D eigenvalue weighted by atomic mass is 10.0. The van der Waals surface area contributed by atoms with Gasteiger partial charge in [-0.15, -0.1) is 0 Å². The van der Waals surface area contributed by atoms with Gasteiger partial charge in [0.2, 0.25) is 0 Å². The summed E-state index contributed by atoms with van der Waals surface area (Å²) in [5.74, 6) is 0. The second kappa shape index (κ2) is 5.02. The van der Waals surface area contributed by atoms with Crippen molar-refractivity contribution in [2.24, 2.45) is 0 Å². The largest absolute Gasteiger partial charge is 0.394 e. The maximum absolute atomic E-state index is 5.81. The summed E-state index contributed by atoms with van der Waals surface area (Å²) in [6, 6.07) is 19.1. The van der Waals surface area contributed by atoms with Crippen molar-refractivity contribution in [3.05, 3.63) is 54.6 Å². The van der Waals surface area contributed by atoms with E-state index in [4.69, 9.17) is 8.85 Å². The van der Waals surface area contributed by atoms with E-state index >= 15 is 0 Å². The summed E-state index contributed by atoms with van der Waals surface area (Å²) in [5.41, 5.74) is 0. The summed E-state index contributed by atoms with van der Waals surface area (Å²) < 4.78 is 11.6. The van der Waals surface area contributed by atoms with Crippen molar-refractivity contribution in [3.63, 3.8) is 0 Å². The first-order valence-electron chi connectivity index (χ1n) is 6.71. The molecule has 0 fully saturated rings. The lowest BCUT2D eigenvalue weighted by Crippen LogP contribution is -2.50. The molecule has 102 valence electrons. The summed E-state index contributed by atoms with van der Waals surface area (Å²) in [4.78, 5) is 0. The minimum Gasteiger partial charge on any atom is -0.394 e. The van der Waals surface area contributed by atoms with Crippen molar-refractivity contribution in [2.45, 2.75) is 6.55 Å². The Kier molecular flexibility index (Phi) is 3.34. The zero-order valence-corrected chi connectivity index (χ0v) is 13.0. The highest BCUT2D eigenvalue weighted by atomic mass is 28.4. The van der Waals surface area contributed by atoms with Crippen LogP contribution in [0, 0.1) is 0 Å². The third-order valence-electron chi connectivity index (χ3n) is 4.00. The van der Waals surface area contributed by atoms with Gasteiger partial charge in [-0.1, -0.05) is 48.5 Å². The number of fused-ring (bicyclic) bond motifs is 2. The Morgan fingerprint density at radius 2 is 1.20 bits per heavy atom. The Balaban J connectivity index is 2.51.